The number of aromatic amines is 1. The monoisotopic (exact) mass is 423 g/mol. The van der Waals surface area contributed by atoms with E-state index in [-0.39, 0.29) is 6.03 Å². The summed E-state index contributed by atoms with van der Waals surface area (Å²) in [6, 6.07) is 15.1. The smallest absolute Gasteiger partial charge is 0.320 e. The molecule has 158 valence electrons. The zero-order valence-corrected chi connectivity index (χ0v) is 18.4. The van der Waals surface area contributed by atoms with Crippen molar-refractivity contribution in [1.29, 1.82) is 0 Å². The molecule has 1 saturated heterocycles. The molecule has 1 fully saturated rings. The number of aromatic nitrogens is 2. The van der Waals surface area contributed by atoms with Crippen LogP contribution in [0.2, 0.25) is 0 Å². The van der Waals surface area contributed by atoms with Gasteiger partial charge in [0.1, 0.15) is 0 Å². The van der Waals surface area contributed by atoms with Gasteiger partial charge in [-0.25, -0.2) is 4.79 Å². The lowest BCUT2D eigenvalue weighted by atomic mass is 10.0. The number of carbonyl (C=O) groups is 1. The van der Waals surface area contributed by atoms with E-state index in [1.807, 2.05) is 17.8 Å². The first kappa shape index (κ1) is 20.8. The number of hydrogen-bond acceptors (Lipinski definition) is 4. The normalized spacial score (nSPS) is 16.8. The molecule has 7 heteroatoms. The van der Waals surface area contributed by atoms with Gasteiger partial charge in [0.15, 0.2) is 5.82 Å². The van der Waals surface area contributed by atoms with Gasteiger partial charge in [0, 0.05) is 22.9 Å². The highest BCUT2D eigenvalue weighted by atomic mass is 32.2. The molecule has 2 amide bonds. The average Bonchev–Trinajstić information content (AvgIpc) is 3.34. The summed E-state index contributed by atoms with van der Waals surface area (Å²) in [5.41, 5.74) is 3.19. The van der Waals surface area contributed by atoms with Gasteiger partial charge in [-0.3, -0.25) is 10.4 Å². The van der Waals surface area contributed by atoms with E-state index in [0.717, 1.165) is 40.7 Å². The second-order valence-electron chi connectivity index (χ2n) is 7.74. The molecule has 2 heterocycles. The van der Waals surface area contributed by atoms with E-state index in [0.29, 0.717) is 18.4 Å². The third kappa shape index (κ3) is 4.79. The molecule has 0 radical (unpaired) electrons. The highest BCUT2D eigenvalue weighted by Crippen LogP contribution is 2.28. The number of hydrogen-bond donors (Lipinski definition) is 3. The highest BCUT2D eigenvalue weighted by molar-refractivity contribution is 7.99. The van der Waals surface area contributed by atoms with Crippen LogP contribution >= 0.6 is 11.8 Å². The van der Waals surface area contributed by atoms with E-state index in [4.69, 9.17) is 0 Å². The summed E-state index contributed by atoms with van der Waals surface area (Å²) in [6.07, 6.45) is 3.44. The number of H-pyrrole nitrogens is 1. The molecule has 2 aromatic carbocycles. The average molecular weight is 424 g/mol. The van der Waals surface area contributed by atoms with Crippen molar-refractivity contribution >= 4 is 34.5 Å². The van der Waals surface area contributed by atoms with Crippen molar-refractivity contribution in [2.24, 2.45) is 0 Å². The number of likely N-dealkylation sites (tertiary alicyclic amines) is 1. The zero-order chi connectivity index (χ0) is 20.9. The van der Waals surface area contributed by atoms with Crippen molar-refractivity contribution in [2.75, 3.05) is 31.2 Å². The molecule has 0 aliphatic carbocycles. The minimum atomic E-state index is -0.211. The second kappa shape index (κ2) is 9.53. The molecular formula is C23H29N5OS. The first-order valence-electron chi connectivity index (χ1n) is 10.6. The molecule has 3 aromatic rings. The summed E-state index contributed by atoms with van der Waals surface area (Å²) < 4.78 is 0. The Balaban J connectivity index is 1.37. The predicted octanol–water partition coefficient (Wildman–Crippen LogP) is 4.95. The minimum Gasteiger partial charge on any atom is -0.338 e. The van der Waals surface area contributed by atoms with Crippen LogP contribution in [-0.4, -0.2) is 53.1 Å². The Morgan fingerprint density at radius 1 is 1.23 bits per heavy atom. The topological polar surface area (TPSA) is 73.1 Å². The lowest BCUT2D eigenvalue weighted by molar-refractivity contribution is 0.248. The Labute approximate surface area is 181 Å². The van der Waals surface area contributed by atoms with E-state index in [9.17, 15) is 4.79 Å². The van der Waals surface area contributed by atoms with Crippen LogP contribution in [0.5, 0.6) is 0 Å². The maximum absolute atomic E-state index is 12.3. The van der Waals surface area contributed by atoms with Crippen LogP contribution < -0.4 is 10.6 Å². The fourth-order valence-electron chi connectivity index (χ4n) is 4.05. The molecule has 1 aliphatic heterocycles. The van der Waals surface area contributed by atoms with Gasteiger partial charge in [-0.05, 0) is 74.0 Å². The molecule has 30 heavy (non-hydrogen) atoms. The van der Waals surface area contributed by atoms with Gasteiger partial charge in [-0.2, -0.15) is 5.10 Å². The van der Waals surface area contributed by atoms with Gasteiger partial charge in [0.25, 0.3) is 0 Å². The summed E-state index contributed by atoms with van der Waals surface area (Å²) in [5, 5.41) is 14.1. The Bertz CT molecular complexity index is 1000. The lowest BCUT2D eigenvalue weighted by Crippen LogP contribution is -2.34. The second-order valence-corrected chi connectivity index (χ2v) is 9.07. The molecule has 1 atom stereocenters. The Hall–Kier alpha value is -2.51. The highest BCUT2D eigenvalue weighted by Gasteiger charge is 2.20. The van der Waals surface area contributed by atoms with Gasteiger partial charge in [0.05, 0.1) is 5.52 Å². The third-order valence-corrected chi connectivity index (χ3v) is 6.62. The van der Waals surface area contributed by atoms with Crippen molar-refractivity contribution in [3.8, 4) is 11.1 Å². The number of benzene rings is 2. The Kier molecular flexibility index (Phi) is 6.59. The van der Waals surface area contributed by atoms with Crippen molar-refractivity contribution in [2.45, 2.75) is 37.1 Å². The van der Waals surface area contributed by atoms with Gasteiger partial charge in [-0.1, -0.05) is 25.1 Å². The first-order chi connectivity index (χ1) is 14.6. The van der Waals surface area contributed by atoms with Crippen molar-refractivity contribution in [3.05, 3.63) is 42.5 Å². The molecule has 0 saturated carbocycles. The van der Waals surface area contributed by atoms with Gasteiger partial charge >= 0.3 is 6.03 Å². The van der Waals surface area contributed by atoms with E-state index in [1.54, 1.807) is 0 Å². The number of thioether (sulfide) groups is 1. The van der Waals surface area contributed by atoms with E-state index >= 15 is 0 Å². The molecular weight excluding hydrogens is 394 g/mol. The quantitative estimate of drug-likeness (QED) is 0.470. The van der Waals surface area contributed by atoms with Crippen LogP contribution in [0.4, 0.5) is 10.6 Å². The standard InChI is InChI=1S/C23H29N5OS/c1-3-30-19-9-6-16(7-10-19)17-8-11-20-21(15-17)26-27-22(20)25-23(29)24-13-12-18-5-4-14-28(18)2/h6-11,15,18H,3-5,12-14H2,1-2H3,(H3,24,25,26,27,29). The summed E-state index contributed by atoms with van der Waals surface area (Å²) in [7, 11) is 2.15. The largest absolute Gasteiger partial charge is 0.338 e. The SMILES string of the molecule is CCSc1ccc(-c2ccc3c(NC(=O)NCCC4CCCN4C)n[nH]c3c2)cc1. The van der Waals surface area contributed by atoms with Crippen molar-refractivity contribution in [1.82, 2.24) is 20.4 Å². The molecule has 0 spiro atoms. The number of amides is 2. The van der Waals surface area contributed by atoms with Crippen LogP contribution in [0, 0.1) is 0 Å². The maximum atomic E-state index is 12.3. The number of fused-ring (bicyclic) bond motifs is 1. The number of anilines is 1. The molecule has 0 bridgehead atoms. The van der Waals surface area contributed by atoms with Gasteiger partial charge in [0.2, 0.25) is 0 Å². The van der Waals surface area contributed by atoms with Gasteiger partial charge < -0.3 is 10.2 Å². The van der Waals surface area contributed by atoms with E-state index in [1.165, 1.54) is 17.7 Å². The summed E-state index contributed by atoms with van der Waals surface area (Å²) in [5.74, 6) is 1.63. The molecule has 1 aliphatic rings. The zero-order valence-electron chi connectivity index (χ0n) is 17.6. The van der Waals surface area contributed by atoms with Crippen LogP contribution in [0.3, 0.4) is 0 Å². The van der Waals surface area contributed by atoms with Crippen LogP contribution in [0.1, 0.15) is 26.2 Å². The van der Waals surface area contributed by atoms with Crippen LogP contribution in [-0.2, 0) is 0 Å². The summed E-state index contributed by atoms with van der Waals surface area (Å²) in [6.45, 7) is 3.98. The summed E-state index contributed by atoms with van der Waals surface area (Å²) in [4.78, 5) is 15.9. The predicted molar refractivity (Wildman–Crippen MR) is 125 cm³/mol. The molecule has 3 N–H and O–H groups in total. The van der Waals surface area contributed by atoms with Gasteiger partial charge in [-0.15, -0.1) is 11.8 Å². The molecule has 1 unspecified atom stereocenters. The number of nitrogens with one attached hydrogen (secondary N) is 3. The maximum Gasteiger partial charge on any atom is 0.320 e. The first-order valence-corrected chi connectivity index (χ1v) is 11.6. The van der Waals surface area contributed by atoms with Crippen molar-refractivity contribution in [3.63, 3.8) is 0 Å². The third-order valence-electron chi connectivity index (χ3n) is 5.73. The van der Waals surface area contributed by atoms with E-state index < -0.39 is 0 Å². The number of rotatable bonds is 7. The Morgan fingerprint density at radius 3 is 2.77 bits per heavy atom. The van der Waals surface area contributed by atoms with Crippen LogP contribution in [0.15, 0.2) is 47.4 Å². The minimum absolute atomic E-state index is 0.211. The number of urea groups is 1. The summed E-state index contributed by atoms with van der Waals surface area (Å²) >= 11 is 1.84. The fourth-order valence-corrected chi connectivity index (χ4v) is 4.71. The molecule has 6 nitrogen and oxygen atoms in total. The van der Waals surface area contributed by atoms with Crippen LogP contribution in [0.25, 0.3) is 22.0 Å². The van der Waals surface area contributed by atoms with E-state index in [2.05, 4.69) is 76.1 Å². The molecule has 4 rings (SSSR count). The Morgan fingerprint density at radius 2 is 2.03 bits per heavy atom. The lowest BCUT2D eigenvalue weighted by Gasteiger charge is -2.19. The fraction of sp³-hybridized carbons (Fsp3) is 0.391. The number of carbonyl (C=O) groups excluding carboxylic acids is 1. The molecule has 1 aromatic heterocycles. The number of nitrogens with zero attached hydrogens (tertiary/aromatic N) is 2. The van der Waals surface area contributed by atoms with Crippen molar-refractivity contribution < 1.29 is 4.79 Å².